The number of rotatable bonds is 8. The molecular formula is C21H33N3O2. The molecule has 1 aromatic carbocycles. The minimum atomic E-state index is -0.186. The number of benzene rings is 1. The highest BCUT2D eigenvalue weighted by Gasteiger charge is 2.19. The van der Waals surface area contributed by atoms with E-state index in [0.717, 1.165) is 24.2 Å². The maximum atomic E-state index is 12.2. The lowest BCUT2D eigenvalue weighted by atomic mass is 9.94. The Morgan fingerprint density at radius 3 is 2.58 bits per heavy atom. The van der Waals surface area contributed by atoms with Crippen LogP contribution >= 0.6 is 0 Å². The van der Waals surface area contributed by atoms with E-state index in [0.29, 0.717) is 6.04 Å². The first-order chi connectivity index (χ1) is 12.5. The molecule has 1 aliphatic carbocycles. The van der Waals surface area contributed by atoms with Gasteiger partial charge in [0.1, 0.15) is 0 Å². The molecule has 1 saturated carbocycles. The van der Waals surface area contributed by atoms with Gasteiger partial charge in [-0.15, -0.1) is 0 Å². The average Bonchev–Trinajstić information content (AvgIpc) is 2.67. The van der Waals surface area contributed by atoms with Crippen LogP contribution in [0.2, 0.25) is 0 Å². The topological polar surface area (TPSA) is 61.4 Å². The lowest BCUT2D eigenvalue weighted by Gasteiger charge is -2.31. The van der Waals surface area contributed by atoms with Crippen LogP contribution in [0.15, 0.2) is 24.3 Å². The molecule has 2 amide bonds. The minimum Gasteiger partial charge on any atom is -0.347 e. The fraction of sp³-hybridized carbons (Fsp3) is 0.619. The second-order valence-corrected chi connectivity index (χ2v) is 7.44. The summed E-state index contributed by atoms with van der Waals surface area (Å²) >= 11 is 0. The van der Waals surface area contributed by atoms with E-state index < -0.39 is 0 Å². The SMILES string of the molecule is CC[C@@H](C)C(=O)NCC(=O)Nc1ccccc1CN(C)C1CCCCC1. The summed E-state index contributed by atoms with van der Waals surface area (Å²) < 4.78 is 0. The zero-order valence-electron chi connectivity index (χ0n) is 16.4. The largest absolute Gasteiger partial charge is 0.347 e. The zero-order chi connectivity index (χ0) is 18.9. The number of nitrogens with one attached hydrogen (secondary N) is 2. The second kappa shape index (κ2) is 10.3. The van der Waals surface area contributed by atoms with Crippen LogP contribution in [0.25, 0.3) is 0 Å². The summed E-state index contributed by atoms with van der Waals surface area (Å²) in [6, 6.07) is 8.55. The van der Waals surface area contributed by atoms with Gasteiger partial charge in [0.15, 0.2) is 0 Å². The van der Waals surface area contributed by atoms with Gasteiger partial charge >= 0.3 is 0 Å². The molecular weight excluding hydrogens is 326 g/mol. The minimum absolute atomic E-state index is 0.00989. The number of carbonyl (C=O) groups excluding carboxylic acids is 2. The van der Waals surface area contributed by atoms with Crippen molar-refractivity contribution in [3.8, 4) is 0 Å². The van der Waals surface area contributed by atoms with E-state index in [4.69, 9.17) is 0 Å². The van der Waals surface area contributed by atoms with Crippen LogP contribution in [-0.2, 0) is 16.1 Å². The molecule has 0 aromatic heterocycles. The Kier molecular flexibility index (Phi) is 8.10. The van der Waals surface area contributed by atoms with Gasteiger partial charge in [-0.3, -0.25) is 14.5 Å². The van der Waals surface area contributed by atoms with Crippen molar-refractivity contribution in [3.05, 3.63) is 29.8 Å². The number of hydrogen-bond acceptors (Lipinski definition) is 3. The lowest BCUT2D eigenvalue weighted by Crippen LogP contribution is -2.36. The first-order valence-corrected chi connectivity index (χ1v) is 9.87. The van der Waals surface area contributed by atoms with Crippen LogP contribution in [0, 0.1) is 5.92 Å². The second-order valence-electron chi connectivity index (χ2n) is 7.44. The molecule has 2 N–H and O–H groups in total. The summed E-state index contributed by atoms with van der Waals surface area (Å²) in [5, 5.41) is 5.65. The molecule has 1 aromatic rings. The van der Waals surface area contributed by atoms with E-state index in [1.54, 1.807) is 0 Å². The zero-order valence-corrected chi connectivity index (χ0v) is 16.4. The van der Waals surface area contributed by atoms with Gasteiger partial charge in [0.2, 0.25) is 11.8 Å². The monoisotopic (exact) mass is 359 g/mol. The van der Waals surface area contributed by atoms with E-state index in [1.807, 2.05) is 32.0 Å². The van der Waals surface area contributed by atoms with Crippen molar-refractivity contribution in [1.29, 1.82) is 0 Å². The van der Waals surface area contributed by atoms with Crippen molar-refractivity contribution in [1.82, 2.24) is 10.2 Å². The number of para-hydroxylation sites is 1. The molecule has 0 aliphatic heterocycles. The summed E-state index contributed by atoms with van der Waals surface area (Å²) in [6.07, 6.45) is 7.25. The molecule has 2 rings (SSSR count). The van der Waals surface area contributed by atoms with E-state index in [9.17, 15) is 9.59 Å². The van der Waals surface area contributed by atoms with E-state index in [2.05, 4.69) is 28.6 Å². The summed E-state index contributed by atoms with van der Waals surface area (Å²) in [6.45, 7) is 4.66. The Morgan fingerprint density at radius 2 is 1.88 bits per heavy atom. The normalized spacial score (nSPS) is 16.3. The standard InChI is InChI=1S/C21H33N3O2/c1-4-16(2)21(26)22-14-20(25)23-19-13-9-8-10-17(19)15-24(3)18-11-6-5-7-12-18/h8-10,13,16,18H,4-7,11-12,14-15H2,1-3H3,(H,22,26)(H,23,25)/t16-/m1/s1. The summed E-state index contributed by atoms with van der Waals surface area (Å²) in [4.78, 5) is 26.4. The molecule has 1 atom stereocenters. The van der Waals surface area contributed by atoms with Crippen LogP contribution in [0.3, 0.4) is 0 Å². The third kappa shape index (κ3) is 6.13. The fourth-order valence-corrected chi connectivity index (χ4v) is 3.42. The number of anilines is 1. The number of amides is 2. The van der Waals surface area contributed by atoms with Crippen LogP contribution in [-0.4, -0.2) is 36.3 Å². The first kappa shape index (κ1) is 20.4. The van der Waals surface area contributed by atoms with Crippen LogP contribution in [0.5, 0.6) is 0 Å². The Balaban J connectivity index is 1.91. The maximum Gasteiger partial charge on any atom is 0.243 e. The molecule has 0 heterocycles. The van der Waals surface area contributed by atoms with Gasteiger partial charge in [0, 0.05) is 24.2 Å². The van der Waals surface area contributed by atoms with Gasteiger partial charge in [-0.2, -0.15) is 0 Å². The van der Waals surface area contributed by atoms with Gasteiger partial charge in [-0.05, 0) is 37.9 Å². The molecule has 0 unspecified atom stereocenters. The third-order valence-corrected chi connectivity index (χ3v) is 5.39. The molecule has 0 bridgehead atoms. The first-order valence-electron chi connectivity index (χ1n) is 9.87. The molecule has 1 fully saturated rings. The molecule has 5 nitrogen and oxygen atoms in total. The molecule has 1 aliphatic rings. The van der Waals surface area contributed by atoms with Crippen molar-refractivity contribution in [2.75, 3.05) is 18.9 Å². The van der Waals surface area contributed by atoms with Gasteiger partial charge in [0.05, 0.1) is 6.54 Å². The highest BCUT2D eigenvalue weighted by Crippen LogP contribution is 2.24. The molecule has 26 heavy (non-hydrogen) atoms. The van der Waals surface area contributed by atoms with Crippen LogP contribution in [0.1, 0.15) is 57.9 Å². The van der Waals surface area contributed by atoms with Crippen LogP contribution in [0.4, 0.5) is 5.69 Å². The lowest BCUT2D eigenvalue weighted by molar-refractivity contribution is -0.126. The van der Waals surface area contributed by atoms with Crippen molar-refractivity contribution in [2.24, 2.45) is 5.92 Å². The van der Waals surface area contributed by atoms with Crippen molar-refractivity contribution in [3.63, 3.8) is 0 Å². The predicted molar refractivity (Wildman–Crippen MR) is 106 cm³/mol. The average molecular weight is 360 g/mol. The summed E-state index contributed by atoms with van der Waals surface area (Å²) in [5.41, 5.74) is 1.94. The molecule has 5 heteroatoms. The Bertz CT molecular complexity index is 597. The van der Waals surface area contributed by atoms with E-state index >= 15 is 0 Å². The van der Waals surface area contributed by atoms with Gasteiger partial charge < -0.3 is 10.6 Å². The molecule has 0 spiro atoms. The molecule has 0 saturated heterocycles. The number of nitrogens with zero attached hydrogens (tertiary/aromatic N) is 1. The van der Waals surface area contributed by atoms with Gasteiger partial charge in [-0.25, -0.2) is 0 Å². The Hall–Kier alpha value is -1.88. The molecule has 0 radical (unpaired) electrons. The predicted octanol–water partition coefficient (Wildman–Crippen LogP) is 3.55. The van der Waals surface area contributed by atoms with Crippen LogP contribution < -0.4 is 10.6 Å². The van der Waals surface area contributed by atoms with E-state index in [-0.39, 0.29) is 24.3 Å². The maximum absolute atomic E-state index is 12.2. The fourth-order valence-electron chi connectivity index (χ4n) is 3.42. The van der Waals surface area contributed by atoms with Gasteiger partial charge in [0.25, 0.3) is 0 Å². The number of carbonyl (C=O) groups is 2. The third-order valence-electron chi connectivity index (χ3n) is 5.39. The highest BCUT2D eigenvalue weighted by atomic mass is 16.2. The summed E-state index contributed by atoms with van der Waals surface area (Å²) in [7, 11) is 2.17. The Morgan fingerprint density at radius 1 is 1.19 bits per heavy atom. The van der Waals surface area contributed by atoms with Gasteiger partial charge in [-0.1, -0.05) is 51.3 Å². The quantitative estimate of drug-likeness (QED) is 0.746. The highest BCUT2D eigenvalue weighted by molar-refractivity contribution is 5.95. The number of hydrogen-bond donors (Lipinski definition) is 2. The van der Waals surface area contributed by atoms with Crippen molar-refractivity contribution < 1.29 is 9.59 Å². The Labute approximate surface area is 157 Å². The molecule has 144 valence electrons. The smallest absolute Gasteiger partial charge is 0.243 e. The van der Waals surface area contributed by atoms with E-state index in [1.165, 1.54) is 32.1 Å². The van der Waals surface area contributed by atoms with Crippen molar-refractivity contribution in [2.45, 2.75) is 65.0 Å². The summed E-state index contributed by atoms with van der Waals surface area (Å²) in [5.74, 6) is -0.332. The van der Waals surface area contributed by atoms with Crippen molar-refractivity contribution >= 4 is 17.5 Å².